The molecule has 0 unspecified atom stereocenters. The van der Waals surface area contributed by atoms with Crippen molar-refractivity contribution < 1.29 is 4.74 Å². The van der Waals surface area contributed by atoms with E-state index in [1.807, 2.05) is 12.5 Å². The average molecular weight is 237 g/mol. The maximum atomic E-state index is 5.55. The quantitative estimate of drug-likeness (QED) is 0.788. The zero-order valence-corrected chi connectivity index (χ0v) is 10.9. The molecule has 1 aromatic heterocycles. The third-order valence-electron chi connectivity index (χ3n) is 3.33. The van der Waals surface area contributed by atoms with Crippen LogP contribution in [0.25, 0.3) is 0 Å². The Kier molecular flexibility index (Phi) is 4.57. The molecule has 96 valence electrons. The van der Waals surface area contributed by atoms with E-state index < -0.39 is 0 Å². The summed E-state index contributed by atoms with van der Waals surface area (Å²) in [5, 5.41) is 3.57. The van der Waals surface area contributed by atoms with E-state index in [-0.39, 0.29) is 0 Å². The molecule has 17 heavy (non-hydrogen) atoms. The van der Waals surface area contributed by atoms with Crippen LogP contribution in [0.4, 0.5) is 0 Å². The van der Waals surface area contributed by atoms with Gasteiger partial charge in [-0.2, -0.15) is 0 Å². The van der Waals surface area contributed by atoms with E-state index in [2.05, 4.69) is 28.7 Å². The molecule has 1 N–H and O–H groups in total. The molecule has 0 atom stereocenters. The second kappa shape index (κ2) is 6.17. The third-order valence-corrected chi connectivity index (χ3v) is 3.33. The van der Waals surface area contributed by atoms with Crippen molar-refractivity contribution in [3.05, 3.63) is 18.2 Å². The van der Waals surface area contributed by atoms with Crippen LogP contribution in [-0.4, -0.2) is 28.3 Å². The minimum absolute atomic E-state index is 0.484. The normalized spacial score (nSPS) is 23.6. The van der Waals surface area contributed by atoms with Crippen LogP contribution in [0.2, 0.25) is 0 Å². The van der Waals surface area contributed by atoms with Gasteiger partial charge in [-0.05, 0) is 26.2 Å². The van der Waals surface area contributed by atoms with E-state index in [4.69, 9.17) is 4.74 Å². The van der Waals surface area contributed by atoms with Gasteiger partial charge >= 0.3 is 0 Å². The lowest BCUT2D eigenvalue weighted by Crippen LogP contribution is -2.45. The first-order valence-electron chi connectivity index (χ1n) is 6.67. The summed E-state index contributed by atoms with van der Waals surface area (Å²) in [6, 6.07) is 0.622. The number of nitrogens with one attached hydrogen (secondary N) is 1. The Morgan fingerprint density at radius 1 is 1.47 bits per heavy atom. The molecular formula is C13H23N3O. The molecule has 1 fully saturated rings. The molecule has 4 heteroatoms. The predicted octanol–water partition coefficient (Wildman–Crippen LogP) is 1.95. The Balaban J connectivity index is 1.70. The SMILES string of the molecule is CCCn1cncc1CNC1CC(OCC)C1. The number of nitrogens with zero attached hydrogens (tertiary/aromatic N) is 2. The smallest absolute Gasteiger partial charge is 0.0948 e. The Morgan fingerprint density at radius 3 is 3.00 bits per heavy atom. The predicted molar refractivity (Wildman–Crippen MR) is 67.8 cm³/mol. The lowest BCUT2D eigenvalue weighted by atomic mass is 9.89. The van der Waals surface area contributed by atoms with Gasteiger partial charge in [0.15, 0.2) is 0 Å². The van der Waals surface area contributed by atoms with Gasteiger partial charge in [0.2, 0.25) is 0 Å². The summed E-state index contributed by atoms with van der Waals surface area (Å²) < 4.78 is 7.78. The lowest BCUT2D eigenvalue weighted by molar-refractivity contribution is -0.0103. The Hall–Kier alpha value is -0.870. The molecule has 1 aliphatic rings. The average Bonchev–Trinajstić information content (AvgIpc) is 2.70. The van der Waals surface area contributed by atoms with Crippen LogP contribution in [-0.2, 0) is 17.8 Å². The highest BCUT2D eigenvalue weighted by Gasteiger charge is 2.28. The second-order valence-electron chi connectivity index (χ2n) is 4.70. The van der Waals surface area contributed by atoms with Crippen molar-refractivity contribution in [1.29, 1.82) is 0 Å². The fourth-order valence-corrected chi connectivity index (χ4v) is 2.29. The molecule has 0 aromatic carbocycles. The van der Waals surface area contributed by atoms with Gasteiger partial charge in [0.05, 0.1) is 18.1 Å². The van der Waals surface area contributed by atoms with Gasteiger partial charge in [-0.3, -0.25) is 0 Å². The fraction of sp³-hybridized carbons (Fsp3) is 0.769. The number of aromatic nitrogens is 2. The van der Waals surface area contributed by atoms with Gasteiger partial charge in [-0.15, -0.1) is 0 Å². The van der Waals surface area contributed by atoms with Gasteiger partial charge < -0.3 is 14.6 Å². The maximum Gasteiger partial charge on any atom is 0.0948 e. The molecule has 0 radical (unpaired) electrons. The van der Waals surface area contributed by atoms with Crippen molar-refractivity contribution in [2.45, 2.75) is 58.3 Å². The van der Waals surface area contributed by atoms with Gasteiger partial charge in [-0.1, -0.05) is 6.92 Å². The summed E-state index contributed by atoms with van der Waals surface area (Å²) in [4.78, 5) is 4.21. The number of aryl methyl sites for hydroxylation is 1. The third kappa shape index (κ3) is 3.30. The van der Waals surface area contributed by atoms with Crippen molar-refractivity contribution in [2.24, 2.45) is 0 Å². The highest BCUT2D eigenvalue weighted by molar-refractivity contribution is 4.99. The first-order chi connectivity index (χ1) is 8.33. The Morgan fingerprint density at radius 2 is 2.29 bits per heavy atom. The molecule has 2 rings (SSSR count). The Labute approximate surface area is 103 Å². The molecule has 0 aliphatic heterocycles. The molecule has 1 aromatic rings. The second-order valence-corrected chi connectivity index (χ2v) is 4.70. The largest absolute Gasteiger partial charge is 0.378 e. The van der Waals surface area contributed by atoms with Crippen molar-refractivity contribution in [3.63, 3.8) is 0 Å². The molecule has 0 saturated heterocycles. The zero-order valence-electron chi connectivity index (χ0n) is 10.9. The molecular weight excluding hydrogens is 214 g/mol. The first kappa shape index (κ1) is 12.6. The molecule has 0 bridgehead atoms. The highest BCUT2D eigenvalue weighted by Crippen LogP contribution is 2.23. The van der Waals surface area contributed by atoms with E-state index in [9.17, 15) is 0 Å². The van der Waals surface area contributed by atoms with E-state index in [1.165, 1.54) is 5.69 Å². The van der Waals surface area contributed by atoms with Crippen LogP contribution in [0.1, 0.15) is 38.8 Å². The topological polar surface area (TPSA) is 39.1 Å². The van der Waals surface area contributed by atoms with E-state index >= 15 is 0 Å². The van der Waals surface area contributed by atoms with Gasteiger partial charge in [0.1, 0.15) is 0 Å². The van der Waals surface area contributed by atoms with Crippen LogP contribution >= 0.6 is 0 Å². The highest BCUT2D eigenvalue weighted by atomic mass is 16.5. The number of imidazole rings is 1. The van der Waals surface area contributed by atoms with Crippen LogP contribution in [0.5, 0.6) is 0 Å². The molecule has 1 saturated carbocycles. The van der Waals surface area contributed by atoms with Crippen LogP contribution in [0.3, 0.4) is 0 Å². The van der Waals surface area contributed by atoms with E-state index in [0.29, 0.717) is 12.1 Å². The molecule has 1 heterocycles. The maximum absolute atomic E-state index is 5.55. The lowest BCUT2D eigenvalue weighted by Gasteiger charge is -2.35. The summed E-state index contributed by atoms with van der Waals surface area (Å²) >= 11 is 0. The van der Waals surface area contributed by atoms with Crippen molar-refractivity contribution >= 4 is 0 Å². The number of rotatable bonds is 7. The summed E-state index contributed by atoms with van der Waals surface area (Å²) in [6.07, 6.45) is 7.81. The van der Waals surface area contributed by atoms with Crippen LogP contribution in [0.15, 0.2) is 12.5 Å². The molecule has 0 spiro atoms. The fourth-order valence-electron chi connectivity index (χ4n) is 2.29. The molecule has 1 aliphatic carbocycles. The van der Waals surface area contributed by atoms with Crippen molar-refractivity contribution in [3.8, 4) is 0 Å². The number of hydrogen-bond donors (Lipinski definition) is 1. The minimum atomic E-state index is 0.484. The molecule has 4 nitrogen and oxygen atoms in total. The van der Waals surface area contributed by atoms with E-state index in [1.54, 1.807) is 0 Å². The van der Waals surface area contributed by atoms with E-state index in [0.717, 1.165) is 39.0 Å². The first-order valence-corrected chi connectivity index (χ1v) is 6.67. The molecule has 0 amide bonds. The van der Waals surface area contributed by atoms with Crippen LogP contribution in [0, 0.1) is 0 Å². The minimum Gasteiger partial charge on any atom is -0.378 e. The van der Waals surface area contributed by atoms with Gasteiger partial charge in [0.25, 0.3) is 0 Å². The monoisotopic (exact) mass is 237 g/mol. The zero-order chi connectivity index (χ0) is 12.1. The van der Waals surface area contributed by atoms with Crippen molar-refractivity contribution in [2.75, 3.05) is 6.61 Å². The Bertz CT molecular complexity index is 331. The summed E-state index contributed by atoms with van der Waals surface area (Å²) in [5.74, 6) is 0. The number of hydrogen-bond acceptors (Lipinski definition) is 3. The van der Waals surface area contributed by atoms with Gasteiger partial charge in [0, 0.05) is 31.9 Å². The standard InChI is InChI=1S/C13H23N3O/c1-3-5-16-10-14-8-12(16)9-15-11-6-13(7-11)17-4-2/h8,10-11,13,15H,3-7,9H2,1-2H3. The van der Waals surface area contributed by atoms with Gasteiger partial charge in [-0.25, -0.2) is 4.98 Å². The summed E-state index contributed by atoms with van der Waals surface area (Å²) in [7, 11) is 0. The number of ether oxygens (including phenoxy) is 1. The summed E-state index contributed by atoms with van der Waals surface area (Å²) in [6.45, 7) is 7.06. The van der Waals surface area contributed by atoms with Crippen molar-refractivity contribution in [1.82, 2.24) is 14.9 Å². The van der Waals surface area contributed by atoms with Crippen LogP contribution < -0.4 is 5.32 Å². The summed E-state index contributed by atoms with van der Waals surface area (Å²) in [5.41, 5.74) is 1.28.